The molecule has 1 aromatic carbocycles. The van der Waals surface area contributed by atoms with Gasteiger partial charge in [-0.05, 0) is 43.4 Å². The van der Waals surface area contributed by atoms with E-state index in [0.29, 0.717) is 5.56 Å². The number of benzene rings is 1. The molecule has 1 N–H and O–H groups in total. The highest BCUT2D eigenvalue weighted by molar-refractivity contribution is 5.30. The van der Waals surface area contributed by atoms with Crippen molar-refractivity contribution < 1.29 is 8.78 Å². The summed E-state index contributed by atoms with van der Waals surface area (Å²) in [5.74, 6) is -0.881. The van der Waals surface area contributed by atoms with Crippen molar-refractivity contribution in [2.24, 2.45) is 5.41 Å². The van der Waals surface area contributed by atoms with Gasteiger partial charge in [-0.15, -0.1) is 0 Å². The third kappa shape index (κ3) is 3.53. The molecule has 0 fully saturated rings. The van der Waals surface area contributed by atoms with Gasteiger partial charge in [0.05, 0.1) is 0 Å². The van der Waals surface area contributed by atoms with Crippen LogP contribution in [0.3, 0.4) is 0 Å². The molecule has 1 rings (SSSR count). The lowest BCUT2D eigenvalue weighted by molar-refractivity contribution is 0.224. The minimum absolute atomic E-state index is 0.181. The van der Waals surface area contributed by atoms with Crippen molar-refractivity contribution in [1.82, 2.24) is 5.32 Å². The largest absolute Gasteiger partial charge is 0.309 e. The summed E-state index contributed by atoms with van der Waals surface area (Å²) >= 11 is 0. The van der Waals surface area contributed by atoms with Crippen LogP contribution in [0.5, 0.6) is 0 Å². The zero-order valence-corrected chi connectivity index (χ0v) is 12.6. The number of hydrogen-bond acceptors (Lipinski definition) is 1. The summed E-state index contributed by atoms with van der Waals surface area (Å²) < 4.78 is 28.4. The fourth-order valence-corrected chi connectivity index (χ4v) is 2.20. The molecule has 0 amide bonds. The van der Waals surface area contributed by atoms with Gasteiger partial charge in [0.15, 0.2) is 0 Å². The molecule has 0 aromatic heterocycles. The average Bonchev–Trinajstić information content (AvgIpc) is 2.37. The summed E-state index contributed by atoms with van der Waals surface area (Å²) in [5.41, 5.74) is 0.469. The van der Waals surface area contributed by atoms with Gasteiger partial charge in [-0.3, -0.25) is 0 Å². The first kappa shape index (κ1) is 16.1. The number of halogens is 2. The standard InChI is InChI=1S/C16H25F2N/c1-6-10-19-15(16(4,5)7-2)13-12(17)9-8-11(3)14(13)18/h8-9,15,19H,6-7,10H2,1-5H3. The van der Waals surface area contributed by atoms with Gasteiger partial charge < -0.3 is 5.32 Å². The highest BCUT2D eigenvalue weighted by Gasteiger charge is 2.33. The van der Waals surface area contributed by atoms with Crippen molar-refractivity contribution in [3.05, 3.63) is 34.9 Å². The summed E-state index contributed by atoms with van der Waals surface area (Å²) in [6, 6.07) is 2.54. The molecule has 0 saturated carbocycles. The summed E-state index contributed by atoms with van der Waals surface area (Å²) in [7, 11) is 0. The SMILES string of the molecule is CCCNC(c1c(F)ccc(C)c1F)C(C)(C)CC. The van der Waals surface area contributed by atoms with Gasteiger partial charge in [0, 0.05) is 11.6 Å². The third-order valence-corrected chi connectivity index (χ3v) is 3.90. The monoisotopic (exact) mass is 269 g/mol. The van der Waals surface area contributed by atoms with E-state index in [0.717, 1.165) is 19.4 Å². The molecule has 0 bridgehead atoms. The minimum Gasteiger partial charge on any atom is -0.309 e. The normalized spacial score (nSPS) is 13.6. The van der Waals surface area contributed by atoms with Gasteiger partial charge in [0.2, 0.25) is 0 Å². The second-order valence-electron chi connectivity index (χ2n) is 5.82. The Balaban J connectivity index is 3.28. The first-order valence-electron chi connectivity index (χ1n) is 7.03. The van der Waals surface area contributed by atoms with E-state index >= 15 is 0 Å². The second kappa shape index (κ2) is 6.47. The van der Waals surface area contributed by atoms with Crippen molar-refractivity contribution >= 4 is 0 Å². The summed E-state index contributed by atoms with van der Waals surface area (Å²) in [6.07, 6.45) is 1.78. The fraction of sp³-hybridized carbons (Fsp3) is 0.625. The van der Waals surface area contributed by atoms with E-state index in [9.17, 15) is 8.78 Å². The van der Waals surface area contributed by atoms with Crippen molar-refractivity contribution in [1.29, 1.82) is 0 Å². The first-order chi connectivity index (χ1) is 8.85. The molecule has 0 aliphatic heterocycles. The summed E-state index contributed by atoms with van der Waals surface area (Å²) in [4.78, 5) is 0. The molecule has 0 saturated heterocycles. The van der Waals surface area contributed by atoms with Crippen LogP contribution in [0.2, 0.25) is 0 Å². The Bertz CT molecular complexity index is 427. The molecule has 3 heteroatoms. The maximum atomic E-state index is 14.3. The molecule has 108 valence electrons. The molecule has 1 nitrogen and oxygen atoms in total. The highest BCUT2D eigenvalue weighted by Crippen LogP contribution is 2.39. The van der Waals surface area contributed by atoms with Crippen LogP contribution < -0.4 is 5.32 Å². The van der Waals surface area contributed by atoms with Crippen LogP contribution >= 0.6 is 0 Å². The predicted molar refractivity (Wildman–Crippen MR) is 76.2 cm³/mol. The topological polar surface area (TPSA) is 12.0 Å². The zero-order valence-electron chi connectivity index (χ0n) is 12.6. The minimum atomic E-state index is -0.460. The van der Waals surface area contributed by atoms with Crippen LogP contribution in [0.4, 0.5) is 8.78 Å². The molecule has 1 unspecified atom stereocenters. The second-order valence-corrected chi connectivity index (χ2v) is 5.82. The Morgan fingerprint density at radius 2 is 1.84 bits per heavy atom. The van der Waals surface area contributed by atoms with Crippen molar-refractivity contribution in [2.45, 2.75) is 53.5 Å². The molecule has 0 heterocycles. The van der Waals surface area contributed by atoms with E-state index in [1.807, 2.05) is 27.7 Å². The number of nitrogens with one attached hydrogen (secondary N) is 1. The highest BCUT2D eigenvalue weighted by atomic mass is 19.1. The molecular weight excluding hydrogens is 244 g/mol. The fourth-order valence-electron chi connectivity index (χ4n) is 2.20. The van der Waals surface area contributed by atoms with E-state index in [4.69, 9.17) is 0 Å². The van der Waals surface area contributed by atoms with Crippen LogP contribution in [0.1, 0.15) is 57.7 Å². The van der Waals surface area contributed by atoms with Gasteiger partial charge in [-0.2, -0.15) is 0 Å². The molecular formula is C16H25F2N. The average molecular weight is 269 g/mol. The Hall–Kier alpha value is -0.960. The predicted octanol–water partition coefficient (Wildman–Crippen LogP) is 4.75. The number of rotatable bonds is 6. The Kier molecular flexibility index (Phi) is 5.48. The van der Waals surface area contributed by atoms with Crippen molar-refractivity contribution in [2.75, 3.05) is 6.54 Å². The van der Waals surface area contributed by atoms with Gasteiger partial charge in [0.25, 0.3) is 0 Å². The van der Waals surface area contributed by atoms with Gasteiger partial charge in [0.1, 0.15) is 11.6 Å². The van der Waals surface area contributed by atoms with Crippen LogP contribution in [-0.2, 0) is 0 Å². The lowest BCUT2D eigenvalue weighted by Crippen LogP contribution is -2.36. The maximum Gasteiger partial charge on any atom is 0.133 e. The van der Waals surface area contributed by atoms with Gasteiger partial charge >= 0.3 is 0 Å². The third-order valence-electron chi connectivity index (χ3n) is 3.90. The van der Waals surface area contributed by atoms with E-state index in [-0.39, 0.29) is 17.0 Å². The molecule has 0 aliphatic rings. The Labute approximate surface area is 115 Å². The van der Waals surface area contributed by atoms with E-state index in [1.165, 1.54) is 12.1 Å². The van der Waals surface area contributed by atoms with Crippen molar-refractivity contribution in [3.63, 3.8) is 0 Å². The van der Waals surface area contributed by atoms with Crippen LogP contribution in [0.15, 0.2) is 12.1 Å². The van der Waals surface area contributed by atoms with E-state index in [2.05, 4.69) is 5.32 Å². The van der Waals surface area contributed by atoms with Crippen LogP contribution in [-0.4, -0.2) is 6.54 Å². The Morgan fingerprint density at radius 1 is 1.21 bits per heavy atom. The Morgan fingerprint density at radius 3 is 2.37 bits per heavy atom. The molecule has 1 aromatic rings. The van der Waals surface area contributed by atoms with Gasteiger partial charge in [-0.1, -0.05) is 33.8 Å². The van der Waals surface area contributed by atoms with E-state index in [1.54, 1.807) is 6.92 Å². The zero-order chi connectivity index (χ0) is 14.6. The molecule has 1 atom stereocenters. The maximum absolute atomic E-state index is 14.3. The number of hydrogen-bond donors (Lipinski definition) is 1. The quantitative estimate of drug-likeness (QED) is 0.785. The lowest BCUT2D eigenvalue weighted by Gasteiger charge is -2.35. The van der Waals surface area contributed by atoms with Crippen LogP contribution in [0, 0.1) is 24.0 Å². The molecule has 19 heavy (non-hydrogen) atoms. The van der Waals surface area contributed by atoms with E-state index < -0.39 is 11.6 Å². The molecule has 0 spiro atoms. The summed E-state index contributed by atoms with van der Waals surface area (Å²) in [5, 5.41) is 3.31. The van der Waals surface area contributed by atoms with Crippen LogP contribution in [0.25, 0.3) is 0 Å². The summed E-state index contributed by atoms with van der Waals surface area (Å²) in [6.45, 7) is 10.6. The molecule has 0 aliphatic carbocycles. The first-order valence-corrected chi connectivity index (χ1v) is 7.03. The van der Waals surface area contributed by atoms with Crippen molar-refractivity contribution in [3.8, 4) is 0 Å². The molecule has 0 radical (unpaired) electrons. The smallest absolute Gasteiger partial charge is 0.133 e. The van der Waals surface area contributed by atoms with Gasteiger partial charge in [-0.25, -0.2) is 8.78 Å². The lowest BCUT2D eigenvalue weighted by atomic mass is 9.77. The number of aryl methyl sites for hydroxylation is 1.